The number of hydrogen-bond acceptors (Lipinski definition) is 4. The van der Waals surface area contributed by atoms with E-state index in [1.54, 1.807) is 6.08 Å². The molecule has 1 aliphatic carbocycles. The van der Waals surface area contributed by atoms with Crippen LogP contribution in [-0.4, -0.2) is 18.5 Å². The molecule has 1 aromatic rings. The third-order valence-electron chi connectivity index (χ3n) is 3.81. The van der Waals surface area contributed by atoms with Crippen LogP contribution >= 0.6 is 0 Å². The molecule has 4 heteroatoms. The average Bonchev–Trinajstić information content (AvgIpc) is 3.08. The highest BCUT2D eigenvalue weighted by Crippen LogP contribution is 2.49. The van der Waals surface area contributed by atoms with Gasteiger partial charge in [-0.05, 0) is 37.8 Å². The fourth-order valence-corrected chi connectivity index (χ4v) is 2.53. The molecule has 1 heterocycles. The van der Waals surface area contributed by atoms with Crippen LogP contribution in [-0.2, 0) is 19.8 Å². The minimum absolute atomic E-state index is 0.0197. The number of ether oxygens (including phenoxy) is 2. The molecule has 1 saturated carbocycles. The molecule has 1 aliphatic heterocycles. The van der Waals surface area contributed by atoms with Gasteiger partial charge in [0.2, 0.25) is 6.08 Å². The summed E-state index contributed by atoms with van der Waals surface area (Å²) in [5.41, 5.74) is 1.88. The van der Waals surface area contributed by atoms with Crippen LogP contribution < -0.4 is 0 Å². The second-order valence-electron chi connectivity index (χ2n) is 5.67. The molecule has 100 valence electrons. The van der Waals surface area contributed by atoms with Crippen molar-refractivity contribution in [2.24, 2.45) is 4.99 Å². The lowest BCUT2D eigenvalue weighted by atomic mass is 10.0. The van der Waals surface area contributed by atoms with Gasteiger partial charge in [0.1, 0.15) is 6.10 Å². The molecule has 0 aromatic heterocycles. The maximum Gasteiger partial charge on any atom is 0.235 e. The van der Waals surface area contributed by atoms with Gasteiger partial charge in [-0.25, -0.2) is 4.79 Å². The van der Waals surface area contributed by atoms with Gasteiger partial charge in [-0.2, -0.15) is 4.99 Å². The zero-order chi connectivity index (χ0) is 13.5. The molecule has 19 heavy (non-hydrogen) atoms. The highest BCUT2D eigenvalue weighted by molar-refractivity contribution is 5.42. The van der Waals surface area contributed by atoms with Gasteiger partial charge >= 0.3 is 0 Å². The van der Waals surface area contributed by atoms with E-state index in [1.807, 2.05) is 38.1 Å². The van der Waals surface area contributed by atoms with Gasteiger partial charge in [0.15, 0.2) is 5.79 Å². The van der Waals surface area contributed by atoms with Crippen LogP contribution in [0.5, 0.6) is 0 Å². The first-order valence-corrected chi connectivity index (χ1v) is 6.56. The number of rotatable bonds is 3. The molecular weight excluding hydrogens is 242 g/mol. The summed E-state index contributed by atoms with van der Waals surface area (Å²) in [7, 11) is 0. The van der Waals surface area contributed by atoms with E-state index in [2.05, 4.69) is 4.99 Å². The lowest BCUT2D eigenvalue weighted by Gasteiger charge is -2.17. The first-order chi connectivity index (χ1) is 9.05. The quantitative estimate of drug-likeness (QED) is 0.619. The molecule has 0 bridgehead atoms. The minimum Gasteiger partial charge on any atom is -0.347 e. The van der Waals surface area contributed by atoms with Crippen LogP contribution in [0.1, 0.15) is 43.9 Å². The SMILES string of the molecule is CC1(C)OCC(c2ccc(C3(N=C=O)CC3)cc2)O1. The summed E-state index contributed by atoms with van der Waals surface area (Å²) in [6.45, 7) is 4.41. The Bertz CT molecular complexity index is 525. The van der Waals surface area contributed by atoms with E-state index in [0.717, 1.165) is 24.0 Å². The Morgan fingerprint density at radius 3 is 2.42 bits per heavy atom. The number of hydrogen-bond donors (Lipinski definition) is 0. The predicted octanol–water partition coefficient (Wildman–Crippen LogP) is 2.84. The van der Waals surface area contributed by atoms with Gasteiger partial charge in [-0.3, -0.25) is 0 Å². The Labute approximate surface area is 112 Å². The third-order valence-corrected chi connectivity index (χ3v) is 3.81. The maximum absolute atomic E-state index is 10.5. The van der Waals surface area contributed by atoms with Gasteiger partial charge in [-0.1, -0.05) is 24.3 Å². The van der Waals surface area contributed by atoms with E-state index < -0.39 is 5.79 Å². The molecule has 2 aliphatic rings. The fourth-order valence-electron chi connectivity index (χ4n) is 2.53. The molecule has 0 N–H and O–H groups in total. The van der Waals surface area contributed by atoms with E-state index in [0.29, 0.717) is 6.61 Å². The van der Waals surface area contributed by atoms with Crippen LogP contribution in [0.15, 0.2) is 29.3 Å². The summed E-state index contributed by atoms with van der Waals surface area (Å²) >= 11 is 0. The van der Waals surface area contributed by atoms with Crippen LogP contribution in [0.25, 0.3) is 0 Å². The smallest absolute Gasteiger partial charge is 0.235 e. The van der Waals surface area contributed by atoms with E-state index in [1.165, 1.54) is 0 Å². The summed E-state index contributed by atoms with van der Waals surface area (Å²) in [6, 6.07) is 8.12. The lowest BCUT2D eigenvalue weighted by molar-refractivity contribution is -0.139. The summed E-state index contributed by atoms with van der Waals surface area (Å²) in [6.07, 6.45) is 3.52. The van der Waals surface area contributed by atoms with E-state index in [9.17, 15) is 4.79 Å². The van der Waals surface area contributed by atoms with Crippen molar-refractivity contribution in [2.45, 2.75) is 44.1 Å². The van der Waals surface area contributed by atoms with E-state index in [4.69, 9.17) is 9.47 Å². The van der Waals surface area contributed by atoms with Crippen LogP contribution in [0, 0.1) is 0 Å². The minimum atomic E-state index is -0.511. The van der Waals surface area contributed by atoms with Crippen LogP contribution in [0.2, 0.25) is 0 Å². The average molecular weight is 259 g/mol. The summed E-state index contributed by atoms with van der Waals surface area (Å²) < 4.78 is 11.4. The van der Waals surface area contributed by atoms with E-state index in [-0.39, 0.29) is 11.6 Å². The van der Waals surface area contributed by atoms with Crippen molar-refractivity contribution in [3.63, 3.8) is 0 Å². The Kier molecular flexibility index (Phi) is 2.82. The first-order valence-electron chi connectivity index (χ1n) is 6.56. The molecule has 1 saturated heterocycles. The number of aliphatic imine (C=N–C) groups is 1. The molecule has 2 fully saturated rings. The number of benzene rings is 1. The Morgan fingerprint density at radius 1 is 1.26 bits per heavy atom. The van der Waals surface area contributed by atoms with Crippen molar-refractivity contribution >= 4 is 6.08 Å². The number of isocyanates is 1. The molecule has 4 nitrogen and oxygen atoms in total. The highest BCUT2D eigenvalue weighted by atomic mass is 16.7. The molecule has 0 radical (unpaired) electrons. The Morgan fingerprint density at radius 2 is 1.95 bits per heavy atom. The maximum atomic E-state index is 10.5. The van der Waals surface area contributed by atoms with Crippen LogP contribution in [0.4, 0.5) is 0 Å². The second kappa shape index (κ2) is 4.27. The molecule has 1 atom stereocenters. The summed E-state index contributed by atoms with van der Waals surface area (Å²) in [5.74, 6) is -0.511. The number of nitrogens with zero attached hydrogens (tertiary/aromatic N) is 1. The Hall–Kier alpha value is -1.48. The molecular formula is C15H17NO3. The largest absolute Gasteiger partial charge is 0.347 e. The predicted molar refractivity (Wildman–Crippen MR) is 69.3 cm³/mol. The van der Waals surface area contributed by atoms with E-state index >= 15 is 0 Å². The van der Waals surface area contributed by atoms with Gasteiger partial charge in [0.05, 0.1) is 12.1 Å². The van der Waals surface area contributed by atoms with Crippen molar-refractivity contribution in [2.75, 3.05) is 6.61 Å². The Balaban J connectivity index is 1.79. The van der Waals surface area contributed by atoms with Gasteiger partial charge in [0, 0.05) is 0 Å². The van der Waals surface area contributed by atoms with Crippen molar-refractivity contribution in [3.8, 4) is 0 Å². The molecule has 3 rings (SSSR count). The molecule has 1 aromatic carbocycles. The third kappa shape index (κ3) is 2.35. The second-order valence-corrected chi connectivity index (χ2v) is 5.67. The summed E-state index contributed by atoms with van der Waals surface area (Å²) in [4.78, 5) is 14.4. The fraction of sp³-hybridized carbons (Fsp3) is 0.533. The van der Waals surface area contributed by atoms with Crippen molar-refractivity contribution in [1.82, 2.24) is 0 Å². The van der Waals surface area contributed by atoms with Crippen molar-refractivity contribution in [1.29, 1.82) is 0 Å². The monoisotopic (exact) mass is 259 g/mol. The zero-order valence-electron chi connectivity index (χ0n) is 11.2. The topological polar surface area (TPSA) is 47.9 Å². The normalized spacial score (nSPS) is 26.7. The van der Waals surface area contributed by atoms with Crippen LogP contribution in [0.3, 0.4) is 0 Å². The van der Waals surface area contributed by atoms with Gasteiger partial charge in [0.25, 0.3) is 0 Å². The van der Waals surface area contributed by atoms with Gasteiger partial charge < -0.3 is 9.47 Å². The molecule has 0 spiro atoms. The van der Waals surface area contributed by atoms with Crippen molar-refractivity contribution in [3.05, 3.63) is 35.4 Å². The van der Waals surface area contributed by atoms with Crippen molar-refractivity contribution < 1.29 is 14.3 Å². The first kappa shape index (κ1) is 12.5. The molecule has 0 amide bonds. The molecule has 1 unspecified atom stereocenters. The highest BCUT2D eigenvalue weighted by Gasteiger charge is 2.44. The summed E-state index contributed by atoms with van der Waals surface area (Å²) in [5, 5.41) is 0. The van der Waals surface area contributed by atoms with Gasteiger partial charge in [-0.15, -0.1) is 0 Å². The zero-order valence-corrected chi connectivity index (χ0v) is 11.2. The standard InChI is InChI=1S/C15H17NO3/c1-14(2)18-9-13(19-14)11-3-5-12(6-4-11)15(7-8-15)16-10-17/h3-6,13H,7-9H2,1-2H3. The number of carbonyl (C=O) groups excluding carboxylic acids is 1. The lowest BCUT2D eigenvalue weighted by Crippen LogP contribution is -2.19.